The van der Waals surface area contributed by atoms with Crippen LogP contribution in [0.5, 0.6) is 0 Å². The Morgan fingerprint density at radius 2 is 2.00 bits per heavy atom. The van der Waals surface area contributed by atoms with E-state index in [4.69, 9.17) is 0 Å². The molecule has 0 amide bonds. The van der Waals surface area contributed by atoms with Gasteiger partial charge in [0.25, 0.3) is 0 Å². The molecule has 0 heterocycles. The van der Waals surface area contributed by atoms with E-state index >= 15 is 0 Å². The fraction of sp³-hybridized carbons (Fsp3) is 0.867. The molecule has 0 saturated carbocycles. The summed E-state index contributed by atoms with van der Waals surface area (Å²) in [5, 5.41) is 3.18. The fourth-order valence-electron chi connectivity index (χ4n) is 2.04. The summed E-state index contributed by atoms with van der Waals surface area (Å²) in [7, 11) is 1.99. The second kappa shape index (κ2) is 12.1. The summed E-state index contributed by atoms with van der Waals surface area (Å²) >= 11 is 2.03. The van der Waals surface area contributed by atoms with Crippen molar-refractivity contribution in [2.24, 2.45) is 0 Å². The van der Waals surface area contributed by atoms with Crippen LogP contribution in [0.15, 0.2) is 12.2 Å². The maximum absolute atomic E-state index is 4.13. The van der Waals surface area contributed by atoms with E-state index in [0.29, 0.717) is 6.04 Å². The quantitative estimate of drug-likeness (QED) is 0.425. The van der Waals surface area contributed by atoms with Crippen molar-refractivity contribution in [2.45, 2.75) is 58.9 Å². The van der Waals surface area contributed by atoms with Gasteiger partial charge < -0.3 is 5.32 Å². The van der Waals surface area contributed by atoms with Crippen LogP contribution in [0.2, 0.25) is 0 Å². The fourth-order valence-corrected chi connectivity index (χ4v) is 3.24. The highest BCUT2D eigenvalue weighted by molar-refractivity contribution is 7.97. The molecule has 0 unspecified atom stereocenters. The minimum atomic E-state index is 0.704. The molecule has 0 rings (SSSR count). The van der Waals surface area contributed by atoms with Crippen LogP contribution in [-0.2, 0) is 0 Å². The number of rotatable bonds is 12. The second-order valence-corrected chi connectivity index (χ2v) is 5.99. The molecule has 108 valence electrons. The number of hydrogen-bond donors (Lipinski definition) is 1. The molecule has 0 aliphatic heterocycles. The zero-order valence-corrected chi connectivity index (χ0v) is 13.6. The first-order valence-electron chi connectivity index (χ1n) is 7.40. The monoisotopic (exact) mass is 272 g/mol. The SMILES string of the molecule is C=C(CC[C@@H](CC)N(CCC)SCCC)CNC. The predicted molar refractivity (Wildman–Crippen MR) is 86.1 cm³/mol. The molecule has 0 radical (unpaired) electrons. The van der Waals surface area contributed by atoms with Gasteiger partial charge in [-0.1, -0.05) is 44.9 Å². The Morgan fingerprint density at radius 3 is 2.50 bits per heavy atom. The van der Waals surface area contributed by atoms with Gasteiger partial charge in [0.2, 0.25) is 0 Å². The van der Waals surface area contributed by atoms with Crippen molar-refractivity contribution in [3.8, 4) is 0 Å². The van der Waals surface area contributed by atoms with Crippen LogP contribution in [0, 0.1) is 0 Å². The van der Waals surface area contributed by atoms with Crippen LogP contribution < -0.4 is 5.32 Å². The highest BCUT2D eigenvalue weighted by atomic mass is 32.2. The molecule has 18 heavy (non-hydrogen) atoms. The minimum Gasteiger partial charge on any atom is -0.316 e. The summed E-state index contributed by atoms with van der Waals surface area (Å²) in [5.41, 5.74) is 1.33. The lowest BCUT2D eigenvalue weighted by Crippen LogP contribution is -2.30. The first-order valence-corrected chi connectivity index (χ1v) is 8.34. The van der Waals surface area contributed by atoms with Gasteiger partial charge >= 0.3 is 0 Å². The third-order valence-corrected chi connectivity index (χ3v) is 4.44. The van der Waals surface area contributed by atoms with Crippen molar-refractivity contribution in [2.75, 3.05) is 25.9 Å². The molecule has 0 spiro atoms. The zero-order chi connectivity index (χ0) is 13.8. The van der Waals surface area contributed by atoms with Gasteiger partial charge in [-0.2, -0.15) is 0 Å². The van der Waals surface area contributed by atoms with E-state index in [2.05, 4.69) is 37.0 Å². The van der Waals surface area contributed by atoms with Gasteiger partial charge in [-0.25, -0.2) is 4.31 Å². The van der Waals surface area contributed by atoms with Crippen molar-refractivity contribution < 1.29 is 0 Å². The zero-order valence-electron chi connectivity index (χ0n) is 12.8. The summed E-state index contributed by atoms with van der Waals surface area (Å²) in [6.45, 7) is 13.1. The van der Waals surface area contributed by atoms with E-state index in [0.717, 1.165) is 13.0 Å². The lowest BCUT2D eigenvalue weighted by atomic mass is 10.0. The van der Waals surface area contributed by atoms with Gasteiger partial charge in [0, 0.05) is 24.9 Å². The average Bonchev–Trinajstić information content (AvgIpc) is 2.36. The van der Waals surface area contributed by atoms with Crippen LogP contribution in [0.3, 0.4) is 0 Å². The molecule has 1 N–H and O–H groups in total. The largest absolute Gasteiger partial charge is 0.316 e. The molecule has 0 aliphatic rings. The third-order valence-electron chi connectivity index (χ3n) is 3.04. The van der Waals surface area contributed by atoms with E-state index in [1.807, 2.05) is 19.0 Å². The summed E-state index contributed by atoms with van der Waals surface area (Å²) in [6.07, 6.45) is 6.13. The molecule has 2 nitrogen and oxygen atoms in total. The molecule has 0 aromatic heterocycles. The number of nitrogens with zero attached hydrogens (tertiary/aromatic N) is 1. The molecule has 0 aromatic carbocycles. The molecule has 0 saturated heterocycles. The third kappa shape index (κ3) is 8.17. The van der Waals surface area contributed by atoms with Gasteiger partial charge in [-0.3, -0.25) is 0 Å². The Hall–Kier alpha value is 0.01000. The molecule has 0 aromatic rings. The maximum Gasteiger partial charge on any atom is 0.0203 e. The first-order chi connectivity index (χ1) is 8.69. The van der Waals surface area contributed by atoms with E-state index in [1.54, 1.807) is 0 Å². The van der Waals surface area contributed by atoms with Crippen LogP contribution in [0.1, 0.15) is 52.9 Å². The summed E-state index contributed by atoms with van der Waals surface area (Å²) in [5.74, 6) is 1.24. The van der Waals surface area contributed by atoms with Gasteiger partial charge in [0.05, 0.1) is 0 Å². The number of nitrogens with one attached hydrogen (secondary N) is 1. The molecular formula is C15H32N2S. The van der Waals surface area contributed by atoms with Crippen LogP contribution >= 0.6 is 11.9 Å². The van der Waals surface area contributed by atoms with Crippen LogP contribution in [-0.4, -0.2) is 36.2 Å². The molecule has 0 aliphatic carbocycles. The predicted octanol–water partition coefficient (Wildman–Crippen LogP) is 4.09. The molecule has 1 atom stereocenters. The lowest BCUT2D eigenvalue weighted by Gasteiger charge is -2.30. The molecule has 0 bridgehead atoms. The van der Waals surface area contributed by atoms with Crippen molar-refractivity contribution in [3.63, 3.8) is 0 Å². The number of likely N-dealkylation sites (N-methyl/N-ethyl adjacent to an activating group) is 1. The highest BCUT2D eigenvalue weighted by Crippen LogP contribution is 2.22. The average molecular weight is 273 g/mol. The van der Waals surface area contributed by atoms with E-state index in [-0.39, 0.29) is 0 Å². The Balaban J connectivity index is 4.17. The summed E-state index contributed by atoms with van der Waals surface area (Å²) in [4.78, 5) is 0. The van der Waals surface area contributed by atoms with Crippen molar-refractivity contribution >= 4 is 11.9 Å². The Labute approximate surface area is 119 Å². The van der Waals surface area contributed by atoms with Gasteiger partial charge in [-0.15, -0.1) is 0 Å². The topological polar surface area (TPSA) is 15.3 Å². The van der Waals surface area contributed by atoms with Crippen molar-refractivity contribution in [1.82, 2.24) is 9.62 Å². The second-order valence-electron chi connectivity index (χ2n) is 4.85. The van der Waals surface area contributed by atoms with Crippen LogP contribution in [0.25, 0.3) is 0 Å². The molecule has 0 fully saturated rings. The minimum absolute atomic E-state index is 0.704. The highest BCUT2D eigenvalue weighted by Gasteiger charge is 2.16. The van der Waals surface area contributed by atoms with E-state index < -0.39 is 0 Å². The van der Waals surface area contributed by atoms with Gasteiger partial charge in [0.1, 0.15) is 0 Å². The lowest BCUT2D eigenvalue weighted by molar-refractivity contribution is 0.324. The Bertz CT molecular complexity index is 207. The van der Waals surface area contributed by atoms with Gasteiger partial charge in [-0.05, 0) is 39.2 Å². The van der Waals surface area contributed by atoms with Crippen molar-refractivity contribution in [3.05, 3.63) is 12.2 Å². The summed E-state index contributed by atoms with van der Waals surface area (Å²) < 4.78 is 2.61. The Kier molecular flexibility index (Phi) is 12.1. The summed E-state index contributed by atoms with van der Waals surface area (Å²) in [6, 6.07) is 0.704. The normalized spacial score (nSPS) is 12.9. The first kappa shape index (κ1) is 18.0. The standard InChI is InChI=1S/C15H32N2S/c1-6-11-17(18-12-7-2)15(8-3)10-9-14(4)13-16-5/h15-16H,4,6-13H2,1-3,5H3/t15-/m1/s1. The molecular weight excluding hydrogens is 240 g/mol. The van der Waals surface area contributed by atoms with E-state index in [9.17, 15) is 0 Å². The maximum atomic E-state index is 4.13. The number of hydrogen-bond acceptors (Lipinski definition) is 3. The van der Waals surface area contributed by atoms with Crippen molar-refractivity contribution in [1.29, 1.82) is 0 Å². The van der Waals surface area contributed by atoms with E-state index in [1.165, 1.54) is 43.6 Å². The van der Waals surface area contributed by atoms with Crippen LogP contribution in [0.4, 0.5) is 0 Å². The smallest absolute Gasteiger partial charge is 0.0203 e. The van der Waals surface area contributed by atoms with Gasteiger partial charge in [0.15, 0.2) is 0 Å². The molecule has 3 heteroatoms. The Morgan fingerprint density at radius 1 is 1.28 bits per heavy atom.